The Morgan fingerprint density at radius 3 is 2.76 bits per heavy atom. The van der Waals surface area contributed by atoms with Crippen LogP contribution in [0.1, 0.15) is 12.8 Å². The van der Waals surface area contributed by atoms with Gasteiger partial charge in [0.25, 0.3) is 0 Å². The van der Waals surface area contributed by atoms with E-state index in [0.29, 0.717) is 13.2 Å². The molecule has 0 amide bonds. The highest BCUT2D eigenvalue weighted by atomic mass is 19.4. The van der Waals surface area contributed by atoms with Crippen LogP contribution in [0, 0.1) is 5.92 Å². The fraction of sp³-hybridized carbons (Fsp3) is 0.889. The zero-order valence-electron chi connectivity index (χ0n) is 9.20. The Bertz CT molecular complexity index is 265. The summed E-state index contributed by atoms with van der Waals surface area (Å²) in [6, 6.07) is -0.111. The van der Waals surface area contributed by atoms with Crippen LogP contribution in [-0.4, -0.2) is 43.0 Å². The van der Waals surface area contributed by atoms with E-state index in [9.17, 15) is 13.2 Å². The highest BCUT2D eigenvalue weighted by Crippen LogP contribution is 2.26. The average molecular weight is 255 g/mol. The van der Waals surface area contributed by atoms with Gasteiger partial charge in [-0.05, 0) is 12.8 Å². The van der Waals surface area contributed by atoms with E-state index in [1.165, 1.54) is 0 Å². The third-order valence-corrected chi connectivity index (χ3v) is 2.64. The average Bonchev–Trinajstić information content (AvgIpc) is 2.28. The molecule has 0 saturated carbocycles. The minimum atomic E-state index is -4.53. The predicted molar refractivity (Wildman–Crippen MR) is 54.8 cm³/mol. The Hall–Kier alpha value is -1.02. The molecule has 4 N–H and O–H groups in total. The number of nitrogens with one attached hydrogen (secondary N) is 1. The largest absolute Gasteiger partial charge is 0.409 e. The summed E-state index contributed by atoms with van der Waals surface area (Å²) in [5.74, 6) is -2.81. The van der Waals surface area contributed by atoms with Crippen LogP contribution < -0.4 is 11.1 Å². The number of amidine groups is 1. The summed E-state index contributed by atoms with van der Waals surface area (Å²) in [7, 11) is 0. The number of ether oxygens (including phenoxy) is 1. The molecule has 0 radical (unpaired) electrons. The maximum Gasteiger partial charge on any atom is 0.400 e. The van der Waals surface area contributed by atoms with E-state index >= 15 is 0 Å². The van der Waals surface area contributed by atoms with E-state index in [1.54, 1.807) is 0 Å². The number of rotatable bonds is 4. The van der Waals surface area contributed by atoms with Crippen LogP contribution in [0.3, 0.4) is 0 Å². The number of hydrogen-bond donors (Lipinski definition) is 3. The van der Waals surface area contributed by atoms with Crippen molar-refractivity contribution in [3.63, 3.8) is 0 Å². The van der Waals surface area contributed by atoms with E-state index in [-0.39, 0.29) is 6.04 Å². The quantitative estimate of drug-likeness (QED) is 0.299. The topological polar surface area (TPSA) is 79.9 Å². The van der Waals surface area contributed by atoms with Gasteiger partial charge in [0.15, 0.2) is 5.84 Å². The van der Waals surface area contributed by atoms with Crippen molar-refractivity contribution in [2.75, 3.05) is 19.8 Å². The fourth-order valence-corrected chi connectivity index (χ4v) is 1.64. The molecule has 5 nitrogen and oxygen atoms in total. The molecule has 1 rings (SSSR count). The molecule has 1 saturated heterocycles. The van der Waals surface area contributed by atoms with Crippen molar-refractivity contribution in [3.8, 4) is 0 Å². The number of nitrogens with zero attached hydrogens (tertiary/aromatic N) is 1. The predicted octanol–water partition coefficient (Wildman–Crippen LogP) is 0.680. The molecule has 1 aliphatic heterocycles. The van der Waals surface area contributed by atoms with Gasteiger partial charge in [-0.2, -0.15) is 13.2 Å². The molecule has 100 valence electrons. The van der Waals surface area contributed by atoms with Crippen molar-refractivity contribution in [3.05, 3.63) is 0 Å². The lowest BCUT2D eigenvalue weighted by Crippen LogP contribution is -2.47. The van der Waals surface area contributed by atoms with Gasteiger partial charge in [0.1, 0.15) is 5.92 Å². The molecule has 0 aromatic carbocycles. The third kappa shape index (κ3) is 4.39. The summed E-state index contributed by atoms with van der Waals surface area (Å²) in [4.78, 5) is 0. The number of oxime groups is 1. The molecule has 0 spiro atoms. The van der Waals surface area contributed by atoms with Crippen LogP contribution in [-0.2, 0) is 4.74 Å². The summed E-state index contributed by atoms with van der Waals surface area (Å²) in [6.07, 6.45) is -2.95. The molecule has 0 aromatic heterocycles. The van der Waals surface area contributed by atoms with Crippen LogP contribution in [0.5, 0.6) is 0 Å². The Morgan fingerprint density at radius 1 is 1.59 bits per heavy atom. The first kappa shape index (κ1) is 14.0. The van der Waals surface area contributed by atoms with Crippen LogP contribution in [0.2, 0.25) is 0 Å². The van der Waals surface area contributed by atoms with Gasteiger partial charge in [0.2, 0.25) is 0 Å². The second kappa shape index (κ2) is 6.06. The van der Waals surface area contributed by atoms with Gasteiger partial charge >= 0.3 is 6.18 Å². The van der Waals surface area contributed by atoms with Crippen molar-refractivity contribution in [2.45, 2.75) is 25.1 Å². The first-order valence-electron chi connectivity index (χ1n) is 5.30. The summed E-state index contributed by atoms with van der Waals surface area (Å²) in [5, 5.41) is 13.5. The Morgan fingerprint density at radius 2 is 2.29 bits per heavy atom. The van der Waals surface area contributed by atoms with Crippen LogP contribution in [0.4, 0.5) is 13.2 Å². The zero-order valence-corrected chi connectivity index (χ0v) is 9.20. The maximum atomic E-state index is 12.6. The molecular weight excluding hydrogens is 239 g/mol. The van der Waals surface area contributed by atoms with Crippen molar-refractivity contribution >= 4 is 5.84 Å². The summed E-state index contributed by atoms with van der Waals surface area (Å²) >= 11 is 0. The van der Waals surface area contributed by atoms with Crippen molar-refractivity contribution in [1.29, 1.82) is 0 Å². The second-order valence-corrected chi connectivity index (χ2v) is 3.94. The molecule has 0 aliphatic carbocycles. The SMILES string of the molecule is NC(=NO)C(CNC1CCCOC1)C(F)(F)F. The molecule has 1 heterocycles. The van der Waals surface area contributed by atoms with Crippen molar-refractivity contribution in [1.82, 2.24) is 5.32 Å². The first-order valence-corrected chi connectivity index (χ1v) is 5.30. The molecule has 17 heavy (non-hydrogen) atoms. The smallest absolute Gasteiger partial charge is 0.400 e. The number of halogens is 3. The normalized spacial score (nSPS) is 24.6. The minimum Gasteiger partial charge on any atom is -0.409 e. The highest BCUT2D eigenvalue weighted by Gasteiger charge is 2.42. The van der Waals surface area contributed by atoms with Gasteiger partial charge < -0.3 is 21.0 Å². The lowest BCUT2D eigenvalue weighted by molar-refractivity contribution is -0.155. The lowest BCUT2D eigenvalue weighted by atomic mass is 10.1. The Labute approximate surface area is 96.8 Å². The number of alkyl halides is 3. The lowest BCUT2D eigenvalue weighted by Gasteiger charge is -2.26. The van der Waals surface area contributed by atoms with E-state index in [1.807, 2.05) is 0 Å². The van der Waals surface area contributed by atoms with Crippen LogP contribution in [0.25, 0.3) is 0 Å². The van der Waals surface area contributed by atoms with Gasteiger partial charge in [-0.1, -0.05) is 5.16 Å². The maximum absolute atomic E-state index is 12.6. The van der Waals surface area contributed by atoms with Crippen LogP contribution in [0.15, 0.2) is 5.16 Å². The van der Waals surface area contributed by atoms with E-state index in [2.05, 4.69) is 10.5 Å². The highest BCUT2D eigenvalue weighted by molar-refractivity contribution is 5.83. The molecular formula is C9H16F3N3O2. The molecule has 1 aliphatic rings. The van der Waals surface area contributed by atoms with Crippen molar-refractivity contribution < 1.29 is 23.1 Å². The third-order valence-electron chi connectivity index (χ3n) is 2.64. The van der Waals surface area contributed by atoms with E-state index < -0.39 is 24.5 Å². The van der Waals surface area contributed by atoms with Crippen molar-refractivity contribution in [2.24, 2.45) is 16.8 Å². The molecule has 8 heteroatoms. The summed E-state index contributed by atoms with van der Waals surface area (Å²) in [5.41, 5.74) is 5.03. The van der Waals surface area contributed by atoms with Gasteiger partial charge in [-0.25, -0.2) is 0 Å². The standard InChI is InChI=1S/C9H16F3N3O2/c10-9(11,12)7(8(13)15-16)4-14-6-2-1-3-17-5-6/h6-7,14,16H,1-5H2,(H2,13,15). The summed E-state index contributed by atoms with van der Waals surface area (Å²) < 4.78 is 42.8. The zero-order chi connectivity index (χ0) is 12.9. The van der Waals surface area contributed by atoms with Crippen LogP contribution >= 0.6 is 0 Å². The molecule has 1 fully saturated rings. The first-order chi connectivity index (χ1) is 7.95. The van der Waals surface area contributed by atoms with E-state index in [0.717, 1.165) is 12.8 Å². The Balaban J connectivity index is 2.49. The van der Waals surface area contributed by atoms with Gasteiger partial charge in [-0.15, -0.1) is 0 Å². The molecule has 2 unspecified atom stereocenters. The minimum absolute atomic E-state index is 0.111. The number of nitrogens with two attached hydrogens (primary N) is 1. The van der Waals surface area contributed by atoms with E-state index in [4.69, 9.17) is 15.7 Å². The second-order valence-electron chi connectivity index (χ2n) is 3.94. The molecule has 2 atom stereocenters. The Kier molecular flexibility index (Phi) is 5.01. The van der Waals surface area contributed by atoms with Gasteiger partial charge in [0.05, 0.1) is 6.61 Å². The fourth-order valence-electron chi connectivity index (χ4n) is 1.64. The molecule has 0 bridgehead atoms. The summed E-state index contributed by atoms with van der Waals surface area (Å²) in [6.45, 7) is 0.620. The number of hydrogen-bond acceptors (Lipinski definition) is 4. The molecule has 0 aromatic rings. The van der Waals surface area contributed by atoms with Gasteiger partial charge in [-0.3, -0.25) is 0 Å². The van der Waals surface area contributed by atoms with Gasteiger partial charge in [0, 0.05) is 19.2 Å². The monoisotopic (exact) mass is 255 g/mol.